The van der Waals surface area contributed by atoms with Crippen molar-refractivity contribution in [1.82, 2.24) is 15.1 Å². The molecule has 0 bridgehead atoms. The molecule has 2 heterocycles. The minimum Gasteiger partial charge on any atom is -0.335 e. The number of amides is 1. The minimum atomic E-state index is 0.179. The average Bonchev–Trinajstić information content (AvgIpc) is 3.53. The highest BCUT2D eigenvalue weighted by Crippen LogP contribution is 2.40. The van der Waals surface area contributed by atoms with E-state index in [0.29, 0.717) is 12.1 Å². The fourth-order valence-electron chi connectivity index (χ4n) is 4.94. The Morgan fingerprint density at radius 2 is 1.59 bits per heavy atom. The lowest BCUT2D eigenvalue weighted by atomic mass is 9.94. The largest absolute Gasteiger partial charge is 0.335 e. The molecule has 3 fully saturated rings. The number of likely N-dealkylation sites (tertiary alicyclic amines) is 2. The van der Waals surface area contributed by atoms with Gasteiger partial charge in [-0.25, -0.2) is 0 Å². The second kappa shape index (κ2) is 8.29. The Morgan fingerprint density at radius 3 is 2.28 bits per heavy atom. The molecule has 1 saturated carbocycles. The van der Waals surface area contributed by atoms with Gasteiger partial charge < -0.3 is 10.2 Å². The topological polar surface area (TPSA) is 35.6 Å². The third kappa shape index (κ3) is 4.24. The molecule has 0 aromatic heterocycles. The van der Waals surface area contributed by atoms with Gasteiger partial charge in [0.15, 0.2) is 0 Å². The molecule has 1 N–H and O–H groups in total. The van der Waals surface area contributed by atoms with Crippen LogP contribution in [-0.4, -0.2) is 60.5 Å². The van der Waals surface area contributed by atoms with E-state index < -0.39 is 0 Å². The van der Waals surface area contributed by atoms with Crippen molar-refractivity contribution in [2.75, 3.05) is 32.7 Å². The molecule has 29 heavy (non-hydrogen) atoms. The third-order valence-electron chi connectivity index (χ3n) is 7.02. The molecular formula is C25H31N3O. The Morgan fingerprint density at radius 1 is 0.931 bits per heavy atom. The maximum Gasteiger partial charge on any atom is 0.253 e. The highest BCUT2D eigenvalue weighted by atomic mass is 16.2. The van der Waals surface area contributed by atoms with Crippen molar-refractivity contribution in [2.45, 2.75) is 37.3 Å². The first kappa shape index (κ1) is 18.8. The normalized spacial score (nSPS) is 25.6. The van der Waals surface area contributed by atoms with Gasteiger partial charge in [-0.2, -0.15) is 0 Å². The van der Waals surface area contributed by atoms with E-state index in [-0.39, 0.29) is 5.91 Å². The maximum absolute atomic E-state index is 12.5. The van der Waals surface area contributed by atoms with Crippen LogP contribution in [0.2, 0.25) is 0 Å². The lowest BCUT2D eigenvalue weighted by Crippen LogP contribution is -2.62. The second-order valence-electron chi connectivity index (χ2n) is 8.98. The predicted octanol–water partition coefficient (Wildman–Crippen LogP) is 3.37. The van der Waals surface area contributed by atoms with Gasteiger partial charge in [-0.05, 0) is 62.5 Å². The van der Waals surface area contributed by atoms with Crippen LogP contribution in [0.1, 0.15) is 41.1 Å². The van der Waals surface area contributed by atoms with Crippen LogP contribution in [0.15, 0.2) is 60.7 Å². The van der Waals surface area contributed by atoms with Gasteiger partial charge in [-0.3, -0.25) is 9.69 Å². The van der Waals surface area contributed by atoms with E-state index in [0.717, 1.165) is 37.0 Å². The number of hydrogen-bond acceptors (Lipinski definition) is 3. The van der Waals surface area contributed by atoms with Crippen molar-refractivity contribution >= 4 is 5.91 Å². The van der Waals surface area contributed by atoms with Crippen LogP contribution in [-0.2, 0) is 0 Å². The quantitative estimate of drug-likeness (QED) is 0.823. The first-order chi connectivity index (χ1) is 14.3. The summed E-state index contributed by atoms with van der Waals surface area (Å²) >= 11 is 0. The van der Waals surface area contributed by atoms with Gasteiger partial charge in [0.25, 0.3) is 5.91 Å². The van der Waals surface area contributed by atoms with Crippen LogP contribution < -0.4 is 5.32 Å². The molecule has 1 amide bonds. The van der Waals surface area contributed by atoms with Crippen molar-refractivity contribution < 1.29 is 4.79 Å². The predicted molar refractivity (Wildman–Crippen MR) is 116 cm³/mol. The molecule has 5 rings (SSSR count). The number of piperidine rings is 1. The number of hydrogen-bond donors (Lipinski definition) is 1. The van der Waals surface area contributed by atoms with Crippen LogP contribution in [0.25, 0.3) is 0 Å². The van der Waals surface area contributed by atoms with E-state index in [4.69, 9.17) is 0 Å². The van der Waals surface area contributed by atoms with Crippen molar-refractivity contribution in [3.05, 3.63) is 71.8 Å². The van der Waals surface area contributed by atoms with Gasteiger partial charge in [0.2, 0.25) is 0 Å². The zero-order valence-electron chi connectivity index (χ0n) is 17.0. The maximum atomic E-state index is 12.5. The summed E-state index contributed by atoms with van der Waals surface area (Å²) in [5.74, 6) is 1.70. The molecule has 0 unspecified atom stereocenters. The summed E-state index contributed by atoms with van der Waals surface area (Å²) in [6.07, 6.45) is 3.84. The minimum absolute atomic E-state index is 0.179. The summed E-state index contributed by atoms with van der Waals surface area (Å²) in [6.45, 7) is 5.29. The lowest BCUT2D eigenvalue weighted by Gasteiger charge is -2.47. The summed E-state index contributed by atoms with van der Waals surface area (Å²) in [7, 11) is 0. The zero-order chi connectivity index (χ0) is 19.6. The van der Waals surface area contributed by atoms with Crippen LogP contribution in [0.4, 0.5) is 0 Å². The monoisotopic (exact) mass is 389 g/mol. The molecule has 3 aliphatic rings. The number of nitrogens with one attached hydrogen (secondary N) is 1. The van der Waals surface area contributed by atoms with E-state index in [1.165, 1.54) is 37.9 Å². The first-order valence-electron chi connectivity index (χ1n) is 11.1. The number of benzene rings is 2. The van der Waals surface area contributed by atoms with E-state index >= 15 is 0 Å². The van der Waals surface area contributed by atoms with E-state index in [2.05, 4.69) is 40.5 Å². The molecule has 2 aliphatic heterocycles. The van der Waals surface area contributed by atoms with E-state index in [1.807, 2.05) is 35.2 Å². The molecular weight excluding hydrogens is 358 g/mol. The fourth-order valence-corrected chi connectivity index (χ4v) is 4.94. The Balaban J connectivity index is 1.01. The second-order valence-corrected chi connectivity index (χ2v) is 8.98. The molecule has 4 nitrogen and oxygen atoms in total. The van der Waals surface area contributed by atoms with Gasteiger partial charge in [0.05, 0.1) is 0 Å². The molecule has 2 aromatic carbocycles. The highest BCUT2D eigenvalue weighted by molar-refractivity contribution is 5.94. The first-order valence-corrected chi connectivity index (χ1v) is 11.1. The smallest absolute Gasteiger partial charge is 0.253 e. The SMILES string of the molecule is O=C(c1ccccc1)N1CC(N2CCC(CN[C@@H]3C[C@H]3c3ccccc3)CC2)C1. The molecule has 0 radical (unpaired) electrons. The van der Waals surface area contributed by atoms with Crippen molar-refractivity contribution in [1.29, 1.82) is 0 Å². The molecule has 0 spiro atoms. The molecule has 2 aromatic rings. The summed E-state index contributed by atoms with van der Waals surface area (Å²) in [6, 6.07) is 21.8. The van der Waals surface area contributed by atoms with E-state index in [9.17, 15) is 4.79 Å². The fraction of sp³-hybridized carbons (Fsp3) is 0.480. The van der Waals surface area contributed by atoms with Gasteiger partial charge >= 0.3 is 0 Å². The highest BCUT2D eigenvalue weighted by Gasteiger charge is 2.39. The molecule has 152 valence electrons. The van der Waals surface area contributed by atoms with Gasteiger partial charge in [0.1, 0.15) is 0 Å². The summed E-state index contributed by atoms with van der Waals surface area (Å²) in [5.41, 5.74) is 2.30. The lowest BCUT2D eigenvalue weighted by molar-refractivity contribution is 0.0145. The zero-order valence-corrected chi connectivity index (χ0v) is 17.0. The van der Waals surface area contributed by atoms with E-state index in [1.54, 1.807) is 0 Å². The van der Waals surface area contributed by atoms with Gasteiger partial charge in [-0.1, -0.05) is 48.5 Å². The van der Waals surface area contributed by atoms with Crippen molar-refractivity contribution in [2.24, 2.45) is 5.92 Å². The third-order valence-corrected chi connectivity index (χ3v) is 7.02. The Bertz CT molecular complexity index is 810. The number of carbonyl (C=O) groups excluding carboxylic acids is 1. The molecule has 2 atom stereocenters. The van der Waals surface area contributed by atoms with Crippen LogP contribution >= 0.6 is 0 Å². The van der Waals surface area contributed by atoms with Crippen LogP contribution in [0, 0.1) is 5.92 Å². The van der Waals surface area contributed by atoms with Crippen molar-refractivity contribution in [3.63, 3.8) is 0 Å². The molecule has 4 heteroatoms. The molecule has 1 aliphatic carbocycles. The van der Waals surface area contributed by atoms with Crippen LogP contribution in [0.3, 0.4) is 0 Å². The Labute approximate surface area is 173 Å². The summed E-state index contributed by atoms with van der Waals surface area (Å²) in [4.78, 5) is 17.1. The molecule has 2 saturated heterocycles. The number of rotatable bonds is 6. The van der Waals surface area contributed by atoms with Gasteiger partial charge in [-0.15, -0.1) is 0 Å². The number of nitrogens with zero attached hydrogens (tertiary/aromatic N) is 2. The average molecular weight is 390 g/mol. The summed E-state index contributed by atoms with van der Waals surface area (Å²) < 4.78 is 0. The van der Waals surface area contributed by atoms with Crippen LogP contribution in [0.5, 0.6) is 0 Å². The Hall–Kier alpha value is -2.17. The van der Waals surface area contributed by atoms with Gasteiger partial charge in [0, 0.05) is 36.7 Å². The Kier molecular flexibility index (Phi) is 5.38. The number of carbonyl (C=O) groups is 1. The van der Waals surface area contributed by atoms with Crippen molar-refractivity contribution in [3.8, 4) is 0 Å². The standard InChI is InChI=1S/C25H31N3O/c29-25(21-9-5-2-6-10-21)28-17-22(18-28)27-13-11-19(12-14-27)16-26-24-15-23(24)20-7-3-1-4-8-20/h1-10,19,22-24,26H,11-18H2/t23-,24+/m0/s1. The summed E-state index contributed by atoms with van der Waals surface area (Å²) in [5, 5.41) is 3.82.